The number of nitrogens with zero attached hydrogens (tertiary/aromatic N) is 1. The Bertz CT molecular complexity index is 69.3. The summed E-state index contributed by atoms with van der Waals surface area (Å²) in [6.07, 6.45) is 4.41. The van der Waals surface area contributed by atoms with E-state index in [0.29, 0.717) is 0 Å². The molecular formula is C7H16N2. The van der Waals surface area contributed by atoms with Crippen molar-refractivity contribution in [1.29, 1.82) is 0 Å². The van der Waals surface area contributed by atoms with E-state index in [0.717, 1.165) is 13.1 Å². The van der Waals surface area contributed by atoms with Gasteiger partial charge >= 0.3 is 0 Å². The lowest BCUT2D eigenvalue weighted by Gasteiger charge is -1.96. The van der Waals surface area contributed by atoms with Gasteiger partial charge in [0.2, 0.25) is 0 Å². The predicted molar refractivity (Wildman–Crippen MR) is 42.2 cm³/mol. The average Bonchev–Trinajstić information content (AvgIpc) is 1.89. The molecule has 0 atom stereocenters. The Labute approximate surface area is 57.4 Å². The van der Waals surface area contributed by atoms with Crippen LogP contribution in [0.4, 0.5) is 0 Å². The van der Waals surface area contributed by atoms with Crippen LogP contribution in [0.2, 0.25) is 0 Å². The van der Waals surface area contributed by atoms with E-state index in [-0.39, 0.29) is 0 Å². The molecule has 0 rings (SSSR count). The van der Waals surface area contributed by atoms with Gasteiger partial charge in [-0.2, -0.15) is 0 Å². The van der Waals surface area contributed by atoms with Crippen LogP contribution >= 0.6 is 0 Å². The first-order valence-electron chi connectivity index (χ1n) is 3.53. The van der Waals surface area contributed by atoms with Gasteiger partial charge in [-0.05, 0) is 13.0 Å². The lowest BCUT2D eigenvalue weighted by Crippen LogP contribution is -2.17. The van der Waals surface area contributed by atoms with Crippen molar-refractivity contribution in [3.05, 3.63) is 0 Å². The fraction of sp³-hybridized carbons (Fsp3) is 0.857. The summed E-state index contributed by atoms with van der Waals surface area (Å²) < 4.78 is 0. The second-order valence-corrected chi connectivity index (χ2v) is 2.00. The summed E-state index contributed by atoms with van der Waals surface area (Å²) in [5.41, 5.74) is 0. The first-order valence-corrected chi connectivity index (χ1v) is 3.53. The molecule has 2 nitrogen and oxygen atoms in total. The largest absolute Gasteiger partial charge is 0.312 e. The fourth-order valence-electron chi connectivity index (χ4n) is 0.560. The minimum Gasteiger partial charge on any atom is -0.312 e. The molecule has 9 heavy (non-hydrogen) atoms. The standard InChI is InChI=1S/C7H16N2/c1-3-4-5-9-7-6-8-2/h6,9H,3-5,7H2,1-2H3/b8-6-. The Balaban J connectivity index is 2.75. The summed E-state index contributed by atoms with van der Waals surface area (Å²) in [4.78, 5) is 3.85. The summed E-state index contributed by atoms with van der Waals surface area (Å²) in [7, 11) is 1.79. The molecule has 0 amide bonds. The quantitative estimate of drug-likeness (QED) is 0.435. The van der Waals surface area contributed by atoms with Crippen molar-refractivity contribution < 1.29 is 0 Å². The monoisotopic (exact) mass is 128 g/mol. The van der Waals surface area contributed by atoms with Crippen LogP contribution < -0.4 is 5.32 Å². The van der Waals surface area contributed by atoms with E-state index in [1.165, 1.54) is 12.8 Å². The van der Waals surface area contributed by atoms with Gasteiger partial charge in [0, 0.05) is 19.8 Å². The zero-order chi connectivity index (χ0) is 6.95. The molecule has 1 N–H and O–H groups in total. The normalized spacial score (nSPS) is 10.9. The molecule has 0 saturated carbocycles. The van der Waals surface area contributed by atoms with E-state index in [1.54, 1.807) is 7.05 Å². The fourth-order valence-corrected chi connectivity index (χ4v) is 0.560. The number of aliphatic imine (C=N–C) groups is 1. The van der Waals surface area contributed by atoms with E-state index in [2.05, 4.69) is 17.2 Å². The molecule has 0 unspecified atom stereocenters. The van der Waals surface area contributed by atoms with Crippen LogP contribution in [-0.4, -0.2) is 26.4 Å². The van der Waals surface area contributed by atoms with Crippen molar-refractivity contribution in [2.24, 2.45) is 4.99 Å². The zero-order valence-electron chi connectivity index (χ0n) is 6.35. The SMILES string of the molecule is CCCCNC/C=N\C. The third-order valence-electron chi connectivity index (χ3n) is 1.13. The highest BCUT2D eigenvalue weighted by molar-refractivity contribution is 5.59. The molecule has 54 valence electrons. The van der Waals surface area contributed by atoms with E-state index in [4.69, 9.17) is 0 Å². The predicted octanol–water partition coefficient (Wildman–Crippen LogP) is 1.08. The van der Waals surface area contributed by atoms with E-state index >= 15 is 0 Å². The van der Waals surface area contributed by atoms with Gasteiger partial charge in [-0.1, -0.05) is 13.3 Å². The third kappa shape index (κ3) is 7.63. The lowest BCUT2D eigenvalue weighted by molar-refractivity contribution is 0.693. The first kappa shape index (κ1) is 8.63. The molecule has 0 radical (unpaired) electrons. The van der Waals surface area contributed by atoms with E-state index in [1.807, 2.05) is 6.21 Å². The van der Waals surface area contributed by atoms with Crippen molar-refractivity contribution >= 4 is 6.21 Å². The van der Waals surface area contributed by atoms with Gasteiger partial charge in [-0.25, -0.2) is 0 Å². The molecule has 0 bridgehead atoms. The lowest BCUT2D eigenvalue weighted by atomic mass is 10.3. The van der Waals surface area contributed by atoms with Crippen LogP contribution in [0, 0.1) is 0 Å². The Morgan fingerprint density at radius 1 is 1.56 bits per heavy atom. The van der Waals surface area contributed by atoms with E-state index < -0.39 is 0 Å². The molecule has 0 aliphatic carbocycles. The summed E-state index contributed by atoms with van der Waals surface area (Å²) in [6.45, 7) is 4.22. The van der Waals surface area contributed by atoms with Gasteiger partial charge in [0.25, 0.3) is 0 Å². The maximum absolute atomic E-state index is 3.85. The third-order valence-corrected chi connectivity index (χ3v) is 1.13. The number of nitrogens with one attached hydrogen (secondary N) is 1. The highest BCUT2D eigenvalue weighted by Gasteiger charge is 1.79. The molecule has 0 aromatic rings. The van der Waals surface area contributed by atoms with Crippen LogP contribution in [0.25, 0.3) is 0 Å². The topological polar surface area (TPSA) is 24.4 Å². The van der Waals surface area contributed by atoms with Gasteiger partial charge < -0.3 is 5.32 Å². The maximum atomic E-state index is 3.85. The number of unbranched alkanes of at least 4 members (excludes halogenated alkanes) is 1. The Hall–Kier alpha value is -0.370. The molecule has 0 aliphatic heterocycles. The molecule has 0 heterocycles. The van der Waals surface area contributed by atoms with Crippen LogP contribution in [0.3, 0.4) is 0 Å². The molecule has 2 heteroatoms. The summed E-state index contributed by atoms with van der Waals surface area (Å²) in [5, 5.41) is 3.24. The molecule has 0 aliphatic rings. The smallest absolute Gasteiger partial charge is 0.0304 e. The zero-order valence-corrected chi connectivity index (χ0v) is 6.35. The second-order valence-electron chi connectivity index (χ2n) is 2.00. The minimum absolute atomic E-state index is 0.913. The second kappa shape index (κ2) is 7.63. The van der Waals surface area contributed by atoms with E-state index in [9.17, 15) is 0 Å². The molecule has 0 aromatic carbocycles. The first-order chi connectivity index (χ1) is 4.41. The number of hydrogen-bond acceptors (Lipinski definition) is 2. The van der Waals surface area contributed by atoms with Crippen LogP contribution in [0.1, 0.15) is 19.8 Å². The van der Waals surface area contributed by atoms with Gasteiger partial charge in [-0.3, -0.25) is 4.99 Å². The Kier molecular flexibility index (Phi) is 7.32. The van der Waals surface area contributed by atoms with Crippen molar-refractivity contribution in [2.45, 2.75) is 19.8 Å². The van der Waals surface area contributed by atoms with Gasteiger partial charge in [-0.15, -0.1) is 0 Å². The van der Waals surface area contributed by atoms with Gasteiger partial charge in [0.15, 0.2) is 0 Å². The van der Waals surface area contributed by atoms with Crippen molar-refractivity contribution in [3.8, 4) is 0 Å². The van der Waals surface area contributed by atoms with Crippen LogP contribution in [-0.2, 0) is 0 Å². The van der Waals surface area contributed by atoms with Crippen LogP contribution in [0.5, 0.6) is 0 Å². The summed E-state index contributed by atoms with van der Waals surface area (Å²) in [6, 6.07) is 0. The Morgan fingerprint density at radius 2 is 2.33 bits per heavy atom. The number of hydrogen-bond donors (Lipinski definition) is 1. The highest BCUT2D eigenvalue weighted by Crippen LogP contribution is 1.80. The molecule has 0 aromatic heterocycles. The minimum atomic E-state index is 0.913. The average molecular weight is 128 g/mol. The molecule has 0 spiro atoms. The number of rotatable bonds is 5. The molecule has 0 saturated heterocycles. The van der Waals surface area contributed by atoms with Gasteiger partial charge in [0.05, 0.1) is 0 Å². The van der Waals surface area contributed by atoms with Crippen molar-refractivity contribution in [2.75, 3.05) is 20.1 Å². The van der Waals surface area contributed by atoms with Crippen molar-refractivity contribution in [1.82, 2.24) is 5.32 Å². The Morgan fingerprint density at radius 3 is 2.89 bits per heavy atom. The van der Waals surface area contributed by atoms with Crippen molar-refractivity contribution in [3.63, 3.8) is 0 Å². The van der Waals surface area contributed by atoms with Crippen LogP contribution in [0.15, 0.2) is 4.99 Å². The maximum Gasteiger partial charge on any atom is 0.0304 e. The molecular weight excluding hydrogens is 112 g/mol. The van der Waals surface area contributed by atoms with Gasteiger partial charge in [0.1, 0.15) is 0 Å². The summed E-state index contributed by atoms with van der Waals surface area (Å²) >= 11 is 0. The molecule has 0 fully saturated rings. The highest BCUT2D eigenvalue weighted by atomic mass is 14.9. The summed E-state index contributed by atoms with van der Waals surface area (Å²) in [5.74, 6) is 0.